The quantitative estimate of drug-likeness (QED) is 0.503. The Morgan fingerprint density at radius 2 is 2.21 bits per heavy atom. The van der Waals surface area contributed by atoms with Gasteiger partial charge < -0.3 is 10.2 Å². The van der Waals surface area contributed by atoms with Crippen LogP contribution in [-0.2, 0) is 17.8 Å². The third kappa shape index (κ3) is 3.12. The smallest absolute Gasteiger partial charge is 0.225 e. The molecule has 1 aliphatic heterocycles. The average molecular weight is 427 g/mol. The van der Waals surface area contributed by atoms with Crippen LogP contribution in [0.15, 0.2) is 24.7 Å². The number of hydrogen-bond donors (Lipinski definition) is 2. The third-order valence-corrected chi connectivity index (χ3v) is 6.66. The van der Waals surface area contributed by atoms with Crippen molar-refractivity contribution in [1.82, 2.24) is 25.1 Å². The van der Waals surface area contributed by atoms with E-state index in [1.54, 1.807) is 23.9 Å². The summed E-state index contributed by atoms with van der Waals surface area (Å²) < 4.78 is 0. The highest BCUT2D eigenvalue weighted by molar-refractivity contribution is 7.19. The lowest BCUT2D eigenvalue weighted by Gasteiger charge is -2.28. The molecule has 4 aromatic rings. The number of rotatable bonds is 3. The van der Waals surface area contributed by atoms with Gasteiger partial charge in [0.2, 0.25) is 5.91 Å². The summed E-state index contributed by atoms with van der Waals surface area (Å²) in [4.78, 5) is 25.4. The Morgan fingerprint density at radius 3 is 3.03 bits per heavy atom. The van der Waals surface area contributed by atoms with Crippen LogP contribution in [0.1, 0.15) is 24.3 Å². The molecule has 4 heterocycles. The Labute approximate surface area is 176 Å². The summed E-state index contributed by atoms with van der Waals surface area (Å²) in [5.41, 5.74) is 2.88. The Hall–Kier alpha value is -2.71. The van der Waals surface area contributed by atoms with E-state index >= 15 is 0 Å². The van der Waals surface area contributed by atoms with E-state index in [0.717, 1.165) is 39.0 Å². The standard InChI is InChI=1S/C20H19ClN6OS/c1-10(2)20(28)27-4-3-12-16(8-27)29-19-17(12)18(22-9-23-19)25-15-5-11-7-24-26-14(11)6-13(15)21/h5-7,9-10H,3-4,8H2,1-2H3,(H,24,26)(H,22,23,25). The number of fused-ring (bicyclic) bond motifs is 4. The van der Waals surface area contributed by atoms with Crippen LogP contribution >= 0.6 is 22.9 Å². The van der Waals surface area contributed by atoms with Gasteiger partial charge in [-0.05, 0) is 24.1 Å². The highest BCUT2D eigenvalue weighted by atomic mass is 35.5. The number of anilines is 2. The minimum atomic E-state index is 0.00271. The van der Waals surface area contributed by atoms with E-state index in [4.69, 9.17) is 11.6 Å². The Balaban J connectivity index is 1.54. The van der Waals surface area contributed by atoms with Gasteiger partial charge in [-0.1, -0.05) is 25.4 Å². The lowest BCUT2D eigenvalue weighted by molar-refractivity contribution is -0.135. The van der Waals surface area contributed by atoms with Crippen LogP contribution in [0.5, 0.6) is 0 Å². The first-order valence-corrected chi connectivity index (χ1v) is 10.6. The van der Waals surface area contributed by atoms with Crippen molar-refractivity contribution < 1.29 is 4.79 Å². The van der Waals surface area contributed by atoms with Crippen molar-refractivity contribution in [2.24, 2.45) is 5.92 Å². The number of aromatic nitrogens is 4. The lowest BCUT2D eigenvalue weighted by atomic mass is 10.0. The molecule has 2 N–H and O–H groups in total. The van der Waals surface area contributed by atoms with Crippen molar-refractivity contribution >= 4 is 61.5 Å². The molecule has 0 radical (unpaired) electrons. The second kappa shape index (κ2) is 6.96. The first-order valence-electron chi connectivity index (χ1n) is 9.45. The molecule has 0 unspecified atom stereocenters. The summed E-state index contributed by atoms with van der Waals surface area (Å²) >= 11 is 8.10. The number of benzene rings is 1. The zero-order valence-corrected chi connectivity index (χ0v) is 17.6. The Bertz CT molecular complexity index is 1250. The van der Waals surface area contributed by atoms with Crippen LogP contribution in [0.3, 0.4) is 0 Å². The molecule has 0 atom stereocenters. The van der Waals surface area contributed by atoms with Crippen LogP contribution in [0.4, 0.5) is 11.5 Å². The number of thiophene rings is 1. The highest BCUT2D eigenvalue weighted by Crippen LogP contribution is 2.39. The average Bonchev–Trinajstić information content (AvgIpc) is 3.30. The lowest BCUT2D eigenvalue weighted by Crippen LogP contribution is -2.37. The number of nitrogens with zero attached hydrogens (tertiary/aromatic N) is 4. The topological polar surface area (TPSA) is 86.8 Å². The summed E-state index contributed by atoms with van der Waals surface area (Å²) in [6.45, 7) is 5.23. The maximum atomic E-state index is 12.4. The van der Waals surface area contributed by atoms with E-state index in [-0.39, 0.29) is 11.8 Å². The van der Waals surface area contributed by atoms with Crippen molar-refractivity contribution in [3.63, 3.8) is 0 Å². The molecule has 3 aromatic heterocycles. The van der Waals surface area contributed by atoms with Crippen molar-refractivity contribution in [2.75, 3.05) is 11.9 Å². The monoisotopic (exact) mass is 426 g/mol. The minimum absolute atomic E-state index is 0.00271. The van der Waals surface area contributed by atoms with Gasteiger partial charge in [0.15, 0.2) is 0 Å². The Kier molecular flexibility index (Phi) is 4.40. The van der Waals surface area contributed by atoms with Crippen LogP contribution in [0.2, 0.25) is 5.02 Å². The van der Waals surface area contributed by atoms with Crippen molar-refractivity contribution in [3.05, 3.63) is 40.1 Å². The zero-order valence-electron chi connectivity index (χ0n) is 16.0. The van der Waals surface area contributed by atoms with Gasteiger partial charge in [0.05, 0.1) is 34.4 Å². The molecule has 1 aliphatic rings. The van der Waals surface area contributed by atoms with E-state index in [9.17, 15) is 4.79 Å². The van der Waals surface area contributed by atoms with E-state index in [2.05, 4.69) is 25.5 Å². The fourth-order valence-electron chi connectivity index (χ4n) is 3.76. The van der Waals surface area contributed by atoms with Gasteiger partial charge in [-0.25, -0.2) is 9.97 Å². The number of nitrogens with one attached hydrogen (secondary N) is 2. The summed E-state index contributed by atoms with van der Waals surface area (Å²) in [6.07, 6.45) is 4.12. The highest BCUT2D eigenvalue weighted by Gasteiger charge is 2.27. The first-order chi connectivity index (χ1) is 14.0. The molecule has 0 spiro atoms. The SMILES string of the molecule is CC(C)C(=O)N1CCc2c(sc3ncnc(Nc4cc5cn[nH]c5cc4Cl)c23)C1. The number of amides is 1. The van der Waals surface area contributed by atoms with Gasteiger partial charge >= 0.3 is 0 Å². The summed E-state index contributed by atoms with van der Waals surface area (Å²) in [6, 6.07) is 3.81. The molecule has 29 heavy (non-hydrogen) atoms. The molecule has 1 amide bonds. The number of halogens is 1. The van der Waals surface area contributed by atoms with Gasteiger partial charge in [0, 0.05) is 22.7 Å². The van der Waals surface area contributed by atoms with Crippen molar-refractivity contribution in [2.45, 2.75) is 26.8 Å². The molecule has 7 nitrogen and oxygen atoms in total. The number of aromatic amines is 1. The third-order valence-electron chi connectivity index (χ3n) is 5.22. The Morgan fingerprint density at radius 1 is 1.34 bits per heavy atom. The van der Waals surface area contributed by atoms with E-state index in [1.807, 2.05) is 30.9 Å². The number of carbonyl (C=O) groups is 1. The minimum Gasteiger partial charge on any atom is -0.338 e. The van der Waals surface area contributed by atoms with Crippen LogP contribution in [0, 0.1) is 5.92 Å². The summed E-state index contributed by atoms with van der Waals surface area (Å²) in [5.74, 6) is 0.932. The zero-order chi connectivity index (χ0) is 20.1. The number of carbonyl (C=O) groups excluding carboxylic acids is 1. The predicted octanol–water partition coefficient (Wildman–Crippen LogP) is 4.51. The molecule has 0 saturated carbocycles. The fraction of sp³-hybridized carbons (Fsp3) is 0.300. The van der Waals surface area contributed by atoms with Crippen LogP contribution in [0.25, 0.3) is 21.1 Å². The molecule has 148 valence electrons. The van der Waals surface area contributed by atoms with Gasteiger partial charge in [-0.15, -0.1) is 11.3 Å². The molecule has 5 rings (SSSR count). The predicted molar refractivity (Wildman–Crippen MR) is 116 cm³/mol. The molecule has 0 aliphatic carbocycles. The van der Waals surface area contributed by atoms with E-state index in [0.29, 0.717) is 18.1 Å². The van der Waals surface area contributed by atoms with Gasteiger partial charge in [-0.2, -0.15) is 5.10 Å². The molecular weight excluding hydrogens is 408 g/mol. The van der Waals surface area contributed by atoms with Crippen LogP contribution < -0.4 is 5.32 Å². The second-order valence-corrected chi connectivity index (χ2v) is 8.98. The molecule has 9 heteroatoms. The van der Waals surface area contributed by atoms with Gasteiger partial charge in [0.25, 0.3) is 0 Å². The van der Waals surface area contributed by atoms with Crippen LogP contribution in [-0.4, -0.2) is 37.5 Å². The van der Waals surface area contributed by atoms with E-state index < -0.39 is 0 Å². The normalized spacial score (nSPS) is 14.0. The molecule has 1 aromatic carbocycles. The molecule has 0 saturated heterocycles. The number of H-pyrrole nitrogens is 1. The van der Waals surface area contributed by atoms with E-state index in [1.165, 1.54) is 10.4 Å². The maximum Gasteiger partial charge on any atom is 0.225 e. The number of hydrogen-bond acceptors (Lipinski definition) is 6. The second-order valence-electron chi connectivity index (χ2n) is 7.49. The van der Waals surface area contributed by atoms with Crippen molar-refractivity contribution in [3.8, 4) is 0 Å². The largest absolute Gasteiger partial charge is 0.338 e. The van der Waals surface area contributed by atoms with Gasteiger partial charge in [0.1, 0.15) is 17.0 Å². The van der Waals surface area contributed by atoms with Gasteiger partial charge in [-0.3, -0.25) is 9.89 Å². The molecule has 0 fully saturated rings. The molecule has 0 bridgehead atoms. The first kappa shape index (κ1) is 18.3. The fourth-order valence-corrected chi connectivity index (χ4v) is 5.18. The molecular formula is C20H19ClN6OS. The van der Waals surface area contributed by atoms with Crippen molar-refractivity contribution in [1.29, 1.82) is 0 Å². The summed E-state index contributed by atoms with van der Waals surface area (Å²) in [5, 5.41) is 12.9. The maximum absolute atomic E-state index is 12.4. The summed E-state index contributed by atoms with van der Waals surface area (Å²) in [7, 11) is 0.